The van der Waals surface area contributed by atoms with Gasteiger partial charge in [-0.2, -0.15) is 0 Å². The fraction of sp³-hybridized carbons (Fsp3) is 0.319. The van der Waals surface area contributed by atoms with Crippen molar-refractivity contribution < 1.29 is 19.1 Å². The molecule has 3 aliphatic rings. The summed E-state index contributed by atoms with van der Waals surface area (Å²) in [6.07, 6.45) is 22.0. The zero-order chi connectivity index (χ0) is 63.5. The number of H-pyrrole nitrogens is 1. The van der Waals surface area contributed by atoms with Crippen LogP contribution in [0.1, 0.15) is 111 Å². The number of aromatic nitrogens is 11. The summed E-state index contributed by atoms with van der Waals surface area (Å²) in [5, 5.41) is 15.9. The van der Waals surface area contributed by atoms with Crippen molar-refractivity contribution in [3.63, 3.8) is 0 Å². The number of benzene rings is 3. The molecule has 21 nitrogen and oxygen atoms in total. The smallest absolute Gasteiger partial charge is 0.319 e. The number of nitrogens with two attached hydrogens (primary N) is 4. The number of nitrogens with zero attached hydrogens (tertiary/aromatic N) is 12. The van der Waals surface area contributed by atoms with Crippen molar-refractivity contribution in [1.29, 1.82) is 0 Å². The van der Waals surface area contributed by atoms with E-state index >= 15 is 0 Å². The Kier molecular flexibility index (Phi) is 16.2. The number of thiophene rings is 1. The Balaban J connectivity index is 0.000000120. The van der Waals surface area contributed by atoms with E-state index in [4.69, 9.17) is 42.3 Å². The van der Waals surface area contributed by atoms with E-state index in [0.717, 1.165) is 158 Å². The van der Waals surface area contributed by atoms with Crippen LogP contribution in [0, 0.1) is 25.7 Å². The number of primary amides is 1. The van der Waals surface area contributed by atoms with Crippen LogP contribution < -0.4 is 22.9 Å². The number of anilines is 3. The third-order valence-corrected chi connectivity index (χ3v) is 21.0. The number of urea groups is 1. The van der Waals surface area contributed by atoms with E-state index in [0.29, 0.717) is 53.8 Å². The quantitative estimate of drug-likeness (QED) is 0.0783. The molecule has 3 aromatic carbocycles. The van der Waals surface area contributed by atoms with E-state index in [-0.39, 0.29) is 36.3 Å². The fourth-order valence-corrected chi connectivity index (χ4v) is 15.8. The monoisotopic (exact) mass is 1270 g/mol. The number of thiazole rings is 1. The fourth-order valence-electron chi connectivity index (χ4n) is 14.0. The standard InChI is InChI=1S/C24H24N6OS.C23H26N6O2.C22H23N5OS/c25-22-21-20(18-12-16-2-1-3-17(19(16)28-18)24-27-9-11-32-24)29-23(30(21)10-8-26-22)15-6-4-14(13-31)5-7-15;1-14-5-4-6-17-16(14)13-18(31-17)19-20-21(24)25-9-12-29(20)22(26-19)15-7-10-28(11-8-15)23(30)27(2)3;1-12-3-2-4-15-11-16(29-19(12)15)17-18-20(23)25-9-10-27(18)22(26-17)14-7-5-13(6-8-14)21(24)28/h1-3,8-12,14-15,28,31H,4-7,13H2,(H2,25,26);4-6,9,12-13,15H,7-8,10-11H2,1-3H3,(H2,24,25);2-4,9-11,13-14H,5-8H2,1H3,(H2,23,25)(H2,24,28). The summed E-state index contributed by atoms with van der Waals surface area (Å²) in [7, 11) is 3.57. The number of piperidine rings is 1. The summed E-state index contributed by atoms with van der Waals surface area (Å²) in [6, 6.07) is 25.0. The number of rotatable bonds is 9. The molecule has 470 valence electrons. The summed E-state index contributed by atoms with van der Waals surface area (Å²) < 4.78 is 13.7. The molecule has 0 radical (unpaired) electrons. The Morgan fingerprint density at radius 3 is 1.82 bits per heavy atom. The first kappa shape index (κ1) is 59.9. The zero-order valence-electron chi connectivity index (χ0n) is 51.8. The summed E-state index contributed by atoms with van der Waals surface area (Å²) in [5.74, 6) is 6.09. The Morgan fingerprint density at radius 1 is 0.652 bits per heavy atom. The van der Waals surface area contributed by atoms with Crippen LogP contribution in [0.2, 0.25) is 0 Å². The largest absolute Gasteiger partial charge is 0.454 e. The molecule has 2 saturated carbocycles. The van der Waals surface area contributed by atoms with Crippen molar-refractivity contribution in [3.05, 3.63) is 150 Å². The Hall–Kier alpha value is -9.71. The molecule has 23 heteroatoms. The van der Waals surface area contributed by atoms with Crippen LogP contribution in [0.15, 0.2) is 126 Å². The van der Waals surface area contributed by atoms with E-state index in [2.05, 4.69) is 102 Å². The van der Waals surface area contributed by atoms with Gasteiger partial charge in [0.25, 0.3) is 0 Å². The second-order valence-electron chi connectivity index (χ2n) is 24.8. The number of fused-ring (bicyclic) bond motifs is 6. The van der Waals surface area contributed by atoms with Crippen LogP contribution >= 0.6 is 22.7 Å². The van der Waals surface area contributed by atoms with Gasteiger partial charge in [0.1, 0.15) is 79.1 Å². The number of hydrogen-bond acceptors (Lipinski definition) is 16. The Labute approximate surface area is 538 Å². The minimum atomic E-state index is -0.189. The van der Waals surface area contributed by atoms with Crippen LogP contribution in [-0.2, 0) is 4.79 Å². The number of furan rings is 1. The number of imidazole rings is 3. The molecular weight excluding hydrogens is 1200 g/mol. The molecule has 10 aromatic heterocycles. The number of likely N-dealkylation sites (tertiary alicyclic amines) is 1. The third kappa shape index (κ3) is 11.1. The van der Waals surface area contributed by atoms with Crippen molar-refractivity contribution in [1.82, 2.24) is 62.9 Å². The van der Waals surface area contributed by atoms with E-state index in [1.165, 1.54) is 15.6 Å². The summed E-state index contributed by atoms with van der Waals surface area (Å²) in [5.41, 5.74) is 35.6. The number of carbonyl (C=O) groups is 2. The molecule has 1 saturated heterocycles. The number of carbonyl (C=O) groups excluding carboxylic acids is 2. The van der Waals surface area contributed by atoms with Crippen molar-refractivity contribution in [3.8, 4) is 44.0 Å². The highest BCUT2D eigenvalue weighted by Crippen LogP contribution is 2.44. The molecule has 1 aliphatic heterocycles. The number of aromatic amines is 1. The first-order chi connectivity index (χ1) is 44.7. The van der Waals surface area contributed by atoms with Gasteiger partial charge in [0.2, 0.25) is 5.91 Å². The highest BCUT2D eigenvalue weighted by Gasteiger charge is 2.33. The van der Waals surface area contributed by atoms with Gasteiger partial charge in [-0.25, -0.2) is 39.7 Å². The molecule has 2 aliphatic carbocycles. The zero-order valence-corrected chi connectivity index (χ0v) is 53.4. The number of nitrogen functional groups attached to an aromatic ring is 3. The third-order valence-electron chi connectivity index (χ3n) is 18.9. The molecule has 11 heterocycles. The topological polar surface area (TPSA) is 297 Å². The van der Waals surface area contributed by atoms with Crippen LogP contribution in [-0.4, -0.2) is 114 Å². The molecule has 3 fully saturated rings. The molecule has 0 bridgehead atoms. The van der Waals surface area contributed by atoms with Gasteiger partial charge in [-0.05, 0) is 131 Å². The minimum Gasteiger partial charge on any atom is -0.454 e. The van der Waals surface area contributed by atoms with Crippen LogP contribution in [0.25, 0.3) is 92.5 Å². The molecule has 10 N–H and O–H groups in total. The van der Waals surface area contributed by atoms with E-state index < -0.39 is 0 Å². The molecule has 0 atom stereocenters. The summed E-state index contributed by atoms with van der Waals surface area (Å²) >= 11 is 3.37. The SMILES string of the molecule is Cc1cccc2cc(-c3nc(C4CCC(C(N)=O)CC4)n4ccnc(N)c34)sc12.Cc1cccc2oc(-c3nc(C4CCN(C(=O)N(C)C)CC4)n4ccnc(N)c34)cc12.Nc1nccn2c(C3CCC(CO)CC3)nc(-c3cc4cccc(-c5nccs5)c4[nH]3)c12. The lowest BCUT2D eigenvalue weighted by Gasteiger charge is -2.33. The van der Waals surface area contributed by atoms with Crippen LogP contribution in [0.5, 0.6) is 0 Å². The van der Waals surface area contributed by atoms with Crippen molar-refractivity contribution >= 4 is 101 Å². The summed E-state index contributed by atoms with van der Waals surface area (Å²) in [6.45, 7) is 5.88. The van der Waals surface area contributed by atoms with Gasteiger partial charge in [-0.15, -0.1) is 22.7 Å². The van der Waals surface area contributed by atoms with Gasteiger partial charge in [0, 0.05) is 127 Å². The molecule has 13 aromatic rings. The van der Waals surface area contributed by atoms with Crippen molar-refractivity contribution in [2.45, 2.75) is 95.8 Å². The predicted octanol–water partition coefficient (Wildman–Crippen LogP) is 13.0. The van der Waals surface area contributed by atoms with Gasteiger partial charge in [-0.1, -0.05) is 42.5 Å². The van der Waals surface area contributed by atoms with Crippen LogP contribution in [0.4, 0.5) is 22.2 Å². The lowest BCUT2D eigenvalue weighted by Crippen LogP contribution is -2.43. The Bertz CT molecular complexity index is 4880. The van der Waals surface area contributed by atoms with Gasteiger partial charge >= 0.3 is 6.03 Å². The number of aliphatic hydroxyl groups excluding tert-OH is 1. The Morgan fingerprint density at radius 2 is 1.22 bits per heavy atom. The second-order valence-corrected chi connectivity index (χ2v) is 26.8. The van der Waals surface area contributed by atoms with E-state index in [1.807, 2.05) is 57.7 Å². The molecular formula is C69H73N17O4S2. The van der Waals surface area contributed by atoms with E-state index in [1.54, 1.807) is 60.3 Å². The van der Waals surface area contributed by atoms with Crippen LogP contribution in [0.3, 0.4) is 0 Å². The number of amides is 3. The van der Waals surface area contributed by atoms with Gasteiger partial charge in [0.15, 0.2) is 5.76 Å². The van der Waals surface area contributed by atoms with Crippen molar-refractivity contribution in [2.75, 3.05) is 51.0 Å². The highest BCUT2D eigenvalue weighted by molar-refractivity contribution is 7.22. The first-order valence-electron chi connectivity index (χ1n) is 31.4. The number of aliphatic hydroxyl groups is 1. The maximum atomic E-state index is 12.3. The number of hydrogen-bond donors (Lipinski definition) is 6. The minimum absolute atomic E-state index is 0.0192. The number of aryl methyl sites for hydroxylation is 2. The maximum Gasteiger partial charge on any atom is 0.319 e. The van der Waals surface area contributed by atoms with Gasteiger partial charge in [0.05, 0.1) is 16.1 Å². The molecule has 0 spiro atoms. The molecule has 0 unspecified atom stereocenters. The van der Waals surface area contributed by atoms with E-state index in [9.17, 15) is 14.7 Å². The lowest BCUT2D eigenvalue weighted by molar-refractivity contribution is -0.122. The molecule has 92 heavy (non-hydrogen) atoms. The van der Waals surface area contributed by atoms with Gasteiger partial charge < -0.3 is 47.2 Å². The normalized spacial score (nSPS) is 18.0. The number of para-hydroxylation sites is 1. The molecule has 16 rings (SSSR count). The average molecular weight is 1270 g/mol. The van der Waals surface area contributed by atoms with Gasteiger partial charge in [-0.3, -0.25) is 18.0 Å². The average Bonchev–Trinajstić information content (AvgIpc) is 1.63. The summed E-state index contributed by atoms with van der Waals surface area (Å²) in [4.78, 5) is 64.7. The maximum absolute atomic E-state index is 12.3. The predicted molar refractivity (Wildman–Crippen MR) is 364 cm³/mol. The second kappa shape index (κ2) is 24.8. The molecule has 3 amide bonds. The lowest BCUT2D eigenvalue weighted by atomic mass is 9.81. The number of nitrogens with one attached hydrogen (secondary N) is 1. The highest BCUT2D eigenvalue weighted by atomic mass is 32.1. The van der Waals surface area contributed by atoms with Crippen molar-refractivity contribution in [2.24, 2.45) is 17.6 Å². The first-order valence-corrected chi connectivity index (χ1v) is 33.1.